The average molecular weight is 257 g/mol. The third-order valence-corrected chi connectivity index (χ3v) is 4.39. The second-order valence-corrected chi connectivity index (χ2v) is 5.43. The summed E-state index contributed by atoms with van der Waals surface area (Å²) in [6.07, 6.45) is -0.413. The lowest BCUT2D eigenvalue weighted by atomic mass is 10.1. The molecule has 2 heterocycles. The van der Waals surface area contributed by atoms with Gasteiger partial charge in [-0.3, -0.25) is 0 Å². The lowest BCUT2D eigenvalue weighted by Gasteiger charge is -2.24. The zero-order valence-corrected chi connectivity index (χ0v) is 9.66. The molecule has 1 aromatic carbocycles. The number of H-pyrrole nitrogens is 1. The molecule has 1 fully saturated rings. The lowest BCUT2D eigenvalue weighted by molar-refractivity contribution is -0.0879. The Morgan fingerprint density at radius 3 is 2.59 bits per heavy atom. The summed E-state index contributed by atoms with van der Waals surface area (Å²) in [5.74, 6) is -3.17. The molecule has 0 spiro atoms. The first-order chi connectivity index (χ1) is 8.03. The van der Waals surface area contributed by atoms with Gasteiger partial charge in [-0.2, -0.15) is 0 Å². The zero-order chi connectivity index (χ0) is 12.1. The van der Waals surface area contributed by atoms with Crippen LogP contribution in [0, 0.1) is 0 Å². The molecular weight excluding hydrogens is 247 g/mol. The number of fused-ring (bicyclic) bond motifs is 1. The molecule has 1 aromatic heterocycles. The Morgan fingerprint density at radius 1 is 1.18 bits per heavy atom. The van der Waals surface area contributed by atoms with Gasteiger partial charge in [0.25, 0.3) is 10.9 Å². The summed E-state index contributed by atoms with van der Waals surface area (Å²) < 4.78 is 41.6. The van der Waals surface area contributed by atoms with Crippen LogP contribution in [0.4, 0.5) is 13.2 Å². The van der Waals surface area contributed by atoms with Crippen LogP contribution in [0.1, 0.15) is 12.1 Å². The van der Waals surface area contributed by atoms with Crippen LogP contribution in [0.25, 0.3) is 10.9 Å². The van der Waals surface area contributed by atoms with Gasteiger partial charge in [0.05, 0.1) is 5.69 Å². The Morgan fingerprint density at radius 2 is 1.94 bits per heavy atom. The SMILES string of the molecule is FC1(F)CCSC1(F)c1cc2ccccc2[nH]1. The van der Waals surface area contributed by atoms with E-state index < -0.39 is 17.3 Å². The molecule has 0 bridgehead atoms. The average Bonchev–Trinajstić information content (AvgIpc) is 2.82. The van der Waals surface area contributed by atoms with E-state index in [-0.39, 0.29) is 11.4 Å². The summed E-state index contributed by atoms with van der Waals surface area (Å²) in [7, 11) is 0. The maximum Gasteiger partial charge on any atom is 0.297 e. The van der Waals surface area contributed by atoms with E-state index in [1.807, 2.05) is 0 Å². The fraction of sp³-hybridized carbons (Fsp3) is 0.333. The van der Waals surface area contributed by atoms with Gasteiger partial charge in [-0.25, -0.2) is 13.2 Å². The molecule has 1 aliphatic heterocycles. The summed E-state index contributed by atoms with van der Waals surface area (Å²) in [4.78, 5) is 2.76. The zero-order valence-electron chi connectivity index (χ0n) is 8.84. The number of benzene rings is 1. The highest BCUT2D eigenvalue weighted by atomic mass is 32.2. The van der Waals surface area contributed by atoms with Crippen molar-refractivity contribution < 1.29 is 13.2 Å². The highest BCUT2D eigenvalue weighted by molar-refractivity contribution is 8.00. The van der Waals surface area contributed by atoms with Crippen LogP contribution >= 0.6 is 11.8 Å². The molecule has 17 heavy (non-hydrogen) atoms. The maximum absolute atomic E-state index is 14.4. The summed E-state index contributed by atoms with van der Waals surface area (Å²) in [5.41, 5.74) is 0.647. The van der Waals surface area contributed by atoms with Gasteiger partial charge in [-0.15, -0.1) is 11.8 Å². The predicted octanol–water partition coefficient (Wildman–Crippen LogP) is 4.06. The second kappa shape index (κ2) is 3.45. The van der Waals surface area contributed by atoms with Crippen LogP contribution in [0.5, 0.6) is 0 Å². The molecule has 3 rings (SSSR count). The van der Waals surface area contributed by atoms with Gasteiger partial charge in [0.15, 0.2) is 0 Å². The van der Waals surface area contributed by atoms with E-state index in [9.17, 15) is 13.2 Å². The van der Waals surface area contributed by atoms with Gasteiger partial charge < -0.3 is 4.98 Å². The lowest BCUT2D eigenvalue weighted by Crippen LogP contribution is -2.34. The van der Waals surface area contributed by atoms with E-state index in [2.05, 4.69) is 4.98 Å². The van der Waals surface area contributed by atoms with Crippen LogP contribution < -0.4 is 0 Å². The van der Waals surface area contributed by atoms with Crippen LogP contribution in [-0.2, 0) is 5.00 Å². The van der Waals surface area contributed by atoms with Crippen molar-refractivity contribution in [1.29, 1.82) is 0 Å². The standard InChI is InChI=1S/C12H10F3NS/c13-11(14)5-6-17-12(11,15)10-7-8-3-1-2-4-9(8)16-10/h1-4,7,16H,5-6H2. The van der Waals surface area contributed by atoms with Crippen molar-refractivity contribution in [1.82, 2.24) is 4.98 Å². The van der Waals surface area contributed by atoms with Gasteiger partial charge in [0, 0.05) is 17.7 Å². The third-order valence-electron chi connectivity index (χ3n) is 3.06. The molecule has 0 aliphatic carbocycles. The van der Waals surface area contributed by atoms with Crippen LogP contribution in [0.15, 0.2) is 30.3 Å². The fourth-order valence-electron chi connectivity index (χ4n) is 2.11. The molecule has 5 heteroatoms. The molecule has 1 nitrogen and oxygen atoms in total. The third kappa shape index (κ3) is 1.48. The predicted molar refractivity (Wildman–Crippen MR) is 63.1 cm³/mol. The summed E-state index contributed by atoms with van der Waals surface area (Å²) in [6, 6.07) is 8.58. The second-order valence-electron chi connectivity index (χ2n) is 4.17. The Kier molecular flexibility index (Phi) is 2.23. The first-order valence-corrected chi connectivity index (χ1v) is 6.30. The molecular formula is C12H10F3NS. The largest absolute Gasteiger partial charge is 0.355 e. The summed E-state index contributed by atoms with van der Waals surface area (Å²) >= 11 is 0.672. The first kappa shape index (κ1) is 11.0. The first-order valence-electron chi connectivity index (χ1n) is 5.32. The van der Waals surface area contributed by atoms with Gasteiger partial charge in [0.2, 0.25) is 0 Å². The Hall–Kier alpha value is -1.10. The molecule has 1 unspecified atom stereocenters. The van der Waals surface area contributed by atoms with Gasteiger partial charge in [-0.05, 0) is 17.5 Å². The number of hydrogen-bond donors (Lipinski definition) is 1. The quantitative estimate of drug-likeness (QED) is 0.814. The summed E-state index contributed by atoms with van der Waals surface area (Å²) in [6.45, 7) is 0. The fourth-order valence-corrected chi connectivity index (χ4v) is 3.33. The van der Waals surface area contributed by atoms with Gasteiger partial charge in [-0.1, -0.05) is 18.2 Å². The Balaban J connectivity index is 2.15. The number of para-hydroxylation sites is 1. The highest BCUT2D eigenvalue weighted by Gasteiger charge is 2.61. The number of hydrogen-bond acceptors (Lipinski definition) is 1. The van der Waals surface area contributed by atoms with E-state index in [4.69, 9.17) is 0 Å². The van der Waals surface area contributed by atoms with Crippen molar-refractivity contribution in [2.45, 2.75) is 17.3 Å². The van der Waals surface area contributed by atoms with Gasteiger partial charge >= 0.3 is 0 Å². The van der Waals surface area contributed by atoms with E-state index in [1.54, 1.807) is 24.3 Å². The van der Waals surface area contributed by atoms with Crippen LogP contribution in [-0.4, -0.2) is 16.7 Å². The minimum Gasteiger partial charge on any atom is -0.355 e. The number of aromatic amines is 1. The van der Waals surface area contributed by atoms with Crippen molar-refractivity contribution in [3.05, 3.63) is 36.0 Å². The molecule has 1 aliphatic rings. The number of thioether (sulfide) groups is 1. The summed E-state index contributed by atoms with van der Waals surface area (Å²) in [5, 5.41) is -1.87. The normalized spacial score (nSPS) is 27.7. The number of rotatable bonds is 1. The van der Waals surface area contributed by atoms with Crippen molar-refractivity contribution in [3.63, 3.8) is 0 Å². The maximum atomic E-state index is 14.4. The molecule has 0 saturated carbocycles. The monoisotopic (exact) mass is 257 g/mol. The molecule has 1 saturated heterocycles. The van der Waals surface area contributed by atoms with E-state index in [1.165, 1.54) is 6.07 Å². The Labute approximate surface area is 100 Å². The van der Waals surface area contributed by atoms with Crippen molar-refractivity contribution >= 4 is 22.7 Å². The molecule has 1 N–H and O–H groups in total. The van der Waals surface area contributed by atoms with E-state index in [0.29, 0.717) is 17.3 Å². The highest BCUT2D eigenvalue weighted by Crippen LogP contribution is 2.57. The van der Waals surface area contributed by atoms with Crippen molar-refractivity contribution in [2.24, 2.45) is 0 Å². The molecule has 2 aromatic rings. The van der Waals surface area contributed by atoms with E-state index in [0.717, 1.165) is 5.39 Å². The molecule has 0 radical (unpaired) electrons. The minimum absolute atomic E-state index is 0.0359. The van der Waals surface area contributed by atoms with E-state index >= 15 is 0 Å². The van der Waals surface area contributed by atoms with Crippen molar-refractivity contribution in [3.8, 4) is 0 Å². The molecule has 0 amide bonds. The van der Waals surface area contributed by atoms with Crippen LogP contribution in [0.3, 0.4) is 0 Å². The molecule has 1 atom stereocenters. The Bertz CT molecular complexity index is 533. The number of nitrogens with one attached hydrogen (secondary N) is 1. The number of alkyl halides is 3. The van der Waals surface area contributed by atoms with Gasteiger partial charge in [0.1, 0.15) is 0 Å². The number of aromatic nitrogens is 1. The molecule has 90 valence electrons. The number of halogens is 3. The minimum atomic E-state index is -3.31. The smallest absolute Gasteiger partial charge is 0.297 e. The van der Waals surface area contributed by atoms with Crippen LogP contribution in [0.2, 0.25) is 0 Å². The van der Waals surface area contributed by atoms with Crippen molar-refractivity contribution in [2.75, 3.05) is 5.75 Å². The topological polar surface area (TPSA) is 15.8 Å².